The highest BCUT2D eigenvalue weighted by molar-refractivity contribution is 5.73. The molecule has 0 atom stereocenters. The molecule has 0 bridgehead atoms. The van der Waals surface area contributed by atoms with Crippen molar-refractivity contribution in [1.29, 1.82) is 0 Å². The van der Waals surface area contributed by atoms with E-state index in [-0.39, 0.29) is 5.76 Å². The summed E-state index contributed by atoms with van der Waals surface area (Å²) in [6, 6.07) is 6.00. The quantitative estimate of drug-likeness (QED) is 0.878. The van der Waals surface area contributed by atoms with Gasteiger partial charge in [0.15, 0.2) is 5.58 Å². The van der Waals surface area contributed by atoms with E-state index in [0.29, 0.717) is 5.58 Å². The molecular weight excluding hydrogens is 242 g/mol. The van der Waals surface area contributed by atoms with Crippen molar-refractivity contribution in [3.8, 4) is 0 Å². The van der Waals surface area contributed by atoms with Crippen molar-refractivity contribution in [1.82, 2.24) is 14.8 Å². The zero-order chi connectivity index (χ0) is 13.2. The van der Waals surface area contributed by atoms with Crippen molar-refractivity contribution in [2.24, 2.45) is 7.05 Å². The van der Waals surface area contributed by atoms with E-state index >= 15 is 0 Å². The Labute approximate surface area is 111 Å². The number of oxazole rings is 1. The van der Waals surface area contributed by atoms with Crippen LogP contribution in [0.1, 0.15) is 5.56 Å². The van der Waals surface area contributed by atoms with E-state index < -0.39 is 0 Å². The molecule has 1 saturated heterocycles. The predicted octanol–water partition coefficient (Wildman–Crippen LogP) is 0.579. The molecule has 5 nitrogen and oxygen atoms in total. The van der Waals surface area contributed by atoms with Crippen LogP contribution in [-0.4, -0.2) is 42.2 Å². The fraction of sp³-hybridized carbons (Fsp3) is 0.500. The first kappa shape index (κ1) is 12.4. The molecule has 0 saturated carbocycles. The Morgan fingerprint density at radius 1 is 1.32 bits per heavy atom. The number of piperazine rings is 1. The number of hydrogen-bond acceptors (Lipinski definition) is 4. The number of fused-ring (bicyclic) bond motifs is 1. The van der Waals surface area contributed by atoms with Crippen LogP contribution in [0.3, 0.4) is 0 Å². The minimum absolute atomic E-state index is 0.297. The van der Waals surface area contributed by atoms with Gasteiger partial charge in [-0.1, -0.05) is 6.07 Å². The Morgan fingerprint density at radius 2 is 2.11 bits per heavy atom. The molecule has 1 aromatic carbocycles. The van der Waals surface area contributed by atoms with E-state index in [4.69, 9.17) is 4.42 Å². The lowest BCUT2D eigenvalue weighted by molar-refractivity contribution is 0.244. The van der Waals surface area contributed by atoms with Crippen LogP contribution in [0.5, 0.6) is 0 Å². The smallest absolute Gasteiger partial charge is 0.408 e. The van der Waals surface area contributed by atoms with Gasteiger partial charge in [-0.15, -0.1) is 0 Å². The van der Waals surface area contributed by atoms with Crippen LogP contribution >= 0.6 is 0 Å². The summed E-state index contributed by atoms with van der Waals surface area (Å²) in [5.41, 5.74) is 2.80. The summed E-state index contributed by atoms with van der Waals surface area (Å²) in [6.07, 6.45) is 1.01. The average Bonchev–Trinajstić information content (AvgIpc) is 2.73. The van der Waals surface area contributed by atoms with Crippen molar-refractivity contribution in [2.45, 2.75) is 6.42 Å². The first-order valence-corrected chi connectivity index (χ1v) is 6.75. The molecule has 102 valence electrons. The van der Waals surface area contributed by atoms with Crippen LogP contribution in [0.25, 0.3) is 11.1 Å². The molecule has 0 spiro atoms. The maximum atomic E-state index is 11.4. The van der Waals surface area contributed by atoms with Gasteiger partial charge >= 0.3 is 5.76 Å². The lowest BCUT2D eigenvalue weighted by atomic mass is 10.1. The SMILES string of the molecule is Cn1c(=O)oc2ccc(CCN3CCNCC3)cc21. The first-order chi connectivity index (χ1) is 9.24. The van der Waals surface area contributed by atoms with E-state index in [9.17, 15) is 4.79 Å². The minimum atomic E-state index is -0.297. The molecule has 0 radical (unpaired) electrons. The number of aryl methyl sites for hydroxylation is 1. The van der Waals surface area contributed by atoms with Crippen LogP contribution in [0.4, 0.5) is 0 Å². The second kappa shape index (κ2) is 5.19. The van der Waals surface area contributed by atoms with Gasteiger partial charge in [0.25, 0.3) is 0 Å². The van der Waals surface area contributed by atoms with Crippen LogP contribution < -0.4 is 11.1 Å². The summed E-state index contributed by atoms with van der Waals surface area (Å²) in [7, 11) is 1.74. The van der Waals surface area contributed by atoms with Crippen molar-refractivity contribution < 1.29 is 4.42 Å². The monoisotopic (exact) mass is 261 g/mol. The summed E-state index contributed by atoms with van der Waals surface area (Å²) in [5.74, 6) is -0.297. The van der Waals surface area contributed by atoms with Gasteiger partial charge in [-0.2, -0.15) is 0 Å². The molecule has 1 aromatic heterocycles. The van der Waals surface area contributed by atoms with Gasteiger partial charge in [-0.05, 0) is 24.1 Å². The Morgan fingerprint density at radius 3 is 2.89 bits per heavy atom. The van der Waals surface area contributed by atoms with Crippen molar-refractivity contribution in [3.63, 3.8) is 0 Å². The van der Waals surface area contributed by atoms with Crippen molar-refractivity contribution in [2.75, 3.05) is 32.7 Å². The lowest BCUT2D eigenvalue weighted by Gasteiger charge is -2.27. The minimum Gasteiger partial charge on any atom is -0.408 e. The molecule has 19 heavy (non-hydrogen) atoms. The molecule has 1 N–H and O–H groups in total. The molecular formula is C14H19N3O2. The van der Waals surface area contributed by atoms with Gasteiger partial charge in [0.05, 0.1) is 5.52 Å². The topological polar surface area (TPSA) is 50.4 Å². The summed E-state index contributed by atoms with van der Waals surface area (Å²) < 4.78 is 6.70. The summed E-state index contributed by atoms with van der Waals surface area (Å²) in [4.78, 5) is 13.9. The molecule has 1 aliphatic rings. The highest BCUT2D eigenvalue weighted by atomic mass is 16.4. The molecule has 2 aromatic rings. The van der Waals surface area contributed by atoms with E-state index in [2.05, 4.69) is 16.3 Å². The Balaban J connectivity index is 1.74. The van der Waals surface area contributed by atoms with Crippen LogP contribution in [0.15, 0.2) is 27.4 Å². The Hall–Kier alpha value is -1.59. The second-order valence-electron chi connectivity index (χ2n) is 5.07. The molecule has 0 aliphatic carbocycles. The lowest BCUT2D eigenvalue weighted by Crippen LogP contribution is -2.44. The highest BCUT2D eigenvalue weighted by Crippen LogP contribution is 2.15. The number of rotatable bonds is 3. The third kappa shape index (κ3) is 2.57. The number of hydrogen-bond donors (Lipinski definition) is 1. The number of benzene rings is 1. The maximum Gasteiger partial charge on any atom is 0.419 e. The zero-order valence-electron chi connectivity index (χ0n) is 11.2. The summed E-state index contributed by atoms with van der Waals surface area (Å²) in [5, 5.41) is 3.36. The molecule has 0 unspecified atom stereocenters. The average molecular weight is 261 g/mol. The Bertz CT molecular complexity index is 623. The van der Waals surface area contributed by atoms with Crippen LogP contribution in [0, 0.1) is 0 Å². The zero-order valence-corrected chi connectivity index (χ0v) is 11.2. The largest absolute Gasteiger partial charge is 0.419 e. The second-order valence-corrected chi connectivity index (χ2v) is 5.07. The Kier molecular flexibility index (Phi) is 3.40. The van der Waals surface area contributed by atoms with Gasteiger partial charge in [0.2, 0.25) is 0 Å². The predicted molar refractivity (Wildman–Crippen MR) is 74.5 cm³/mol. The van der Waals surface area contributed by atoms with E-state index in [1.807, 2.05) is 12.1 Å². The molecule has 5 heteroatoms. The summed E-state index contributed by atoms with van der Waals surface area (Å²) >= 11 is 0. The van der Waals surface area contributed by atoms with Gasteiger partial charge in [-0.25, -0.2) is 4.79 Å². The number of nitrogens with zero attached hydrogens (tertiary/aromatic N) is 2. The molecule has 2 heterocycles. The van der Waals surface area contributed by atoms with Crippen LogP contribution in [0.2, 0.25) is 0 Å². The standard InChI is InChI=1S/C14H19N3O2/c1-16-12-10-11(2-3-13(12)19-14(16)18)4-7-17-8-5-15-6-9-17/h2-3,10,15H,4-9H2,1H3. The molecule has 1 aliphatic heterocycles. The van der Waals surface area contributed by atoms with E-state index in [1.165, 1.54) is 5.56 Å². The fourth-order valence-electron chi connectivity index (χ4n) is 2.55. The van der Waals surface area contributed by atoms with Gasteiger partial charge in [-0.3, -0.25) is 4.57 Å². The first-order valence-electron chi connectivity index (χ1n) is 6.75. The maximum absolute atomic E-state index is 11.4. The van der Waals surface area contributed by atoms with E-state index in [1.54, 1.807) is 11.6 Å². The molecule has 1 fully saturated rings. The number of nitrogens with one attached hydrogen (secondary N) is 1. The van der Waals surface area contributed by atoms with E-state index in [0.717, 1.165) is 44.7 Å². The molecule has 3 rings (SSSR count). The number of aromatic nitrogens is 1. The normalized spacial score (nSPS) is 17.1. The van der Waals surface area contributed by atoms with Gasteiger partial charge in [0.1, 0.15) is 0 Å². The van der Waals surface area contributed by atoms with Gasteiger partial charge < -0.3 is 14.6 Å². The van der Waals surface area contributed by atoms with Crippen molar-refractivity contribution in [3.05, 3.63) is 34.3 Å². The van der Waals surface area contributed by atoms with Crippen molar-refractivity contribution >= 4 is 11.1 Å². The van der Waals surface area contributed by atoms with Crippen LogP contribution in [-0.2, 0) is 13.5 Å². The third-order valence-electron chi connectivity index (χ3n) is 3.78. The molecule has 0 amide bonds. The highest BCUT2D eigenvalue weighted by Gasteiger charge is 2.10. The fourth-order valence-corrected chi connectivity index (χ4v) is 2.55. The summed E-state index contributed by atoms with van der Waals surface area (Å²) in [6.45, 7) is 5.46. The van der Waals surface area contributed by atoms with Gasteiger partial charge in [0, 0.05) is 39.8 Å². The third-order valence-corrected chi connectivity index (χ3v) is 3.78.